The summed E-state index contributed by atoms with van der Waals surface area (Å²) in [5, 5.41) is 16.9. The van der Waals surface area contributed by atoms with Crippen LogP contribution in [0.4, 0.5) is 0 Å². The molecule has 0 rings (SSSR count). The van der Waals surface area contributed by atoms with Gasteiger partial charge in [0.25, 0.3) is 0 Å². The van der Waals surface area contributed by atoms with Crippen LogP contribution in [-0.4, -0.2) is 25.2 Å². The van der Waals surface area contributed by atoms with Crippen molar-refractivity contribution in [1.82, 2.24) is 0 Å². The van der Waals surface area contributed by atoms with E-state index in [2.05, 4.69) is 25.3 Å². The first-order valence-electron chi connectivity index (χ1n) is 3.64. The third kappa shape index (κ3) is 9.68. The maximum absolute atomic E-state index is 8.43. The van der Waals surface area contributed by atoms with Gasteiger partial charge in [0, 0.05) is 0 Å². The summed E-state index contributed by atoms with van der Waals surface area (Å²) in [5.74, 6) is 1.33. The first-order chi connectivity index (χ1) is 4.92. The lowest BCUT2D eigenvalue weighted by Gasteiger charge is -2.06. The van der Waals surface area contributed by atoms with Gasteiger partial charge in [-0.15, -0.1) is 0 Å². The minimum Gasteiger partial charge on any atom is -0.424 e. The summed E-state index contributed by atoms with van der Waals surface area (Å²) >= 11 is 0. The predicted octanol–water partition coefficient (Wildman–Crippen LogP) is 0.988. The van der Waals surface area contributed by atoms with Crippen molar-refractivity contribution < 1.29 is 10.0 Å². The van der Waals surface area contributed by atoms with E-state index in [1.165, 1.54) is 5.98 Å². The molecule has 0 saturated heterocycles. The molecule has 0 aliphatic heterocycles. The summed E-state index contributed by atoms with van der Waals surface area (Å²) in [6.45, 7) is 6.64. The van der Waals surface area contributed by atoms with Crippen LogP contribution < -0.4 is 0 Å². The Hall–Kier alpha value is -0.318. The van der Waals surface area contributed by atoms with Crippen LogP contribution in [0.25, 0.3) is 0 Å². The molecule has 0 aromatic heterocycles. The van der Waals surface area contributed by atoms with Gasteiger partial charge < -0.3 is 10.0 Å². The first kappa shape index (κ1) is 10.7. The molecule has 0 aliphatic rings. The Balaban J connectivity index is 3.78. The van der Waals surface area contributed by atoms with Gasteiger partial charge in [-0.1, -0.05) is 43.5 Å². The van der Waals surface area contributed by atoms with E-state index in [4.69, 9.17) is 10.0 Å². The van der Waals surface area contributed by atoms with Crippen molar-refractivity contribution in [1.29, 1.82) is 0 Å². The monoisotopic (exact) mass is 170 g/mol. The van der Waals surface area contributed by atoms with E-state index in [1.54, 1.807) is 6.08 Å². The standard InChI is InChI=1S/C7H15BO2Si/c1-11(2,3)7-5-4-6-8(9)10/h4-7,9-10H,1-3H3/b6-4+,7-5+. The molecule has 0 aromatic carbocycles. The van der Waals surface area contributed by atoms with Gasteiger partial charge in [-0.25, -0.2) is 0 Å². The molecule has 0 heterocycles. The second-order valence-corrected chi connectivity index (χ2v) is 8.59. The van der Waals surface area contributed by atoms with E-state index in [0.29, 0.717) is 0 Å². The van der Waals surface area contributed by atoms with E-state index in [1.807, 2.05) is 6.08 Å². The van der Waals surface area contributed by atoms with Crippen molar-refractivity contribution in [3.05, 3.63) is 23.8 Å². The highest BCUT2D eigenvalue weighted by Gasteiger charge is 2.05. The molecule has 0 radical (unpaired) electrons. The van der Waals surface area contributed by atoms with Crippen LogP contribution in [0, 0.1) is 0 Å². The molecule has 0 aromatic rings. The zero-order chi connectivity index (χ0) is 8.91. The average molecular weight is 170 g/mol. The van der Waals surface area contributed by atoms with Gasteiger partial charge in [-0.2, -0.15) is 0 Å². The highest BCUT2D eigenvalue weighted by atomic mass is 28.3. The molecule has 0 aliphatic carbocycles. The summed E-state index contributed by atoms with van der Waals surface area (Å²) in [6, 6.07) is 0. The van der Waals surface area contributed by atoms with Gasteiger partial charge in [0.15, 0.2) is 0 Å². The molecule has 62 valence electrons. The first-order valence-corrected chi connectivity index (χ1v) is 7.22. The zero-order valence-corrected chi connectivity index (χ0v) is 8.28. The minimum atomic E-state index is -1.33. The number of hydrogen-bond donors (Lipinski definition) is 2. The van der Waals surface area contributed by atoms with Gasteiger partial charge >= 0.3 is 7.12 Å². The lowest BCUT2D eigenvalue weighted by atomic mass is 9.92. The lowest BCUT2D eigenvalue weighted by Crippen LogP contribution is -2.15. The van der Waals surface area contributed by atoms with Gasteiger partial charge in [0.1, 0.15) is 0 Å². The molecule has 2 N–H and O–H groups in total. The largest absolute Gasteiger partial charge is 0.480 e. The average Bonchev–Trinajstić information content (AvgIpc) is 1.78. The Kier molecular flexibility index (Phi) is 4.41. The van der Waals surface area contributed by atoms with E-state index in [0.717, 1.165) is 0 Å². The highest BCUT2D eigenvalue weighted by Crippen LogP contribution is 2.01. The van der Waals surface area contributed by atoms with Gasteiger partial charge in [0.05, 0.1) is 8.07 Å². The normalized spacial score (nSPS) is 13.2. The van der Waals surface area contributed by atoms with Gasteiger partial charge in [0.2, 0.25) is 0 Å². The Labute approximate surface area is 69.4 Å². The molecule has 0 saturated carbocycles. The fourth-order valence-corrected chi connectivity index (χ4v) is 1.20. The molecule has 2 nitrogen and oxygen atoms in total. The van der Waals surface area contributed by atoms with E-state index >= 15 is 0 Å². The second kappa shape index (κ2) is 4.54. The van der Waals surface area contributed by atoms with Crippen molar-refractivity contribution in [3.8, 4) is 0 Å². The fourth-order valence-electron chi connectivity index (χ4n) is 0.508. The third-order valence-corrected chi connectivity index (χ3v) is 2.18. The number of hydrogen-bond acceptors (Lipinski definition) is 2. The summed E-state index contributed by atoms with van der Waals surface area (Å²) < 4.78 is 0. The molecule has 0 atom stereocenters. The topological polar surface area (TPSA) is 40.5 Å². The van der Waals surface area contributed by atoms with E-state index in [9.17, 15) is 0 Å². The second-order valence-electron chi connectivity index (χ2n) is 3.52. The summed E-state index contributed by atoms with van der Waals surface area (Å²) in [5.41, 5.74) is 2.13. The van der Waals surface area contributed by atoms with Crippen LogP contribution in [0.1, 0.15) is 0 Å². The van der Waals surface area contributed by atoms with Crippen molar-refractivity contribution in [2.75, 3.05) is 0 Å². The molecule has 11 heavy (non-hydrogen) atoms. The molecule has 0 fully saturated rings. The molecular formula is C7H15BO2Si. The summed E-state index contributed by atoms with van der Waals surface area (Å²) in [7, 11) is -2.46. The maximum atomic E-state index is 8.43. The van der Waals surface area contributed by atoms with Crippen LogP contribution >= 0.6 is 0 Å². The molecule has 0 bridgehead atoms. The van der Waals surface area contributed by atoms with Gasteiger partial charge in [-0.05, 0) is 0 Å². The van der Waals surface area contributed by atoms with Crippen molar-refractivity contribution in [2.24, 2.45) is 0 Å². The molecule has 4 heteroatoms. The van der Waals surface area contributed by atoms with E-state index < -0.39 is 15.2 Å². The van der Waals surface area contributed by atoms with Crippen LogP contribution in [0.5, 0.6) is 0 Å². The lowest BCUT2D eigenvalue weighted by molar-refractivity contribution is 0.424. The zero-order valence-electron chi connectivity index (χ0n) is 7.28. The van der Waals surface area contributed by atoms with Crippen LogP contribution in [0.3, 0.4) is 0 Å². The quantitative estimate of drug-likeness (QED) is 0.489. The predicted molar refractivity (Wildman–Crippen MR) is 51.8 cm³/mol. The fraction of sp³-hybridized carbons (Fsp3) is 0.429. The Bertz CT molecular complexity index is 158. The molecular weight excluding hydrogens is 155 g/mol. The van der Waals surface area contributed by atoms with Crippen LogP contribution in [0.15, 0.2) is 23.8 Å². The SMILES string of the molecule is C[Si](C)(C)/C=C/C=C/B(O)O. The van der Waals surface area contributed by atoms with Crippen molar-refractivity contribution >= 4 is 15.2 Å². The van der Waals surface area contributed by atoms with Crippen LogP contribution in [-0.2, 0) is 0 Å². The smallest absolute Gasteiger partial charge is 0.424 e. The Morgan fingerprint density at radius 1 is 1.09 bits per heavy atom. The summed E-state index contributed by atoms with van der Waals surface area (Å²) in [6.07, 6.45) is 3.52. The number of rotatable bonds is 3. The number of allylic oxidation sites excluding steroid dienone is 2. The van der Waals surface area contributed by atoms with E-state index in [-0.39, 0.29) is 0 Å². The van der Waals surface area contributed by atoms with Gasteiger partial charge in [-0.3, -0.25) is 0 Å². The van der Waals surface area contributed by atoms with Crippen molar-refractivity contribution in [3.63, 3.8) is 0 Å². The van der Waals surface area contributed by atoms with Crippen LogP contribution in [0.2, 0.25) is 19.6 Å². The van der Waals surface area contributed by atoms with Crippen molar-refractivity contribution in [2.45, 2.75) is 19.6 Å². The maximum Gasteiger partial charge on any atom is 0.480 e. The Morgan fingerprint density at radius 2 is 1.64 bits per heavy atom. The summed E-state index contributed by atoms with van der Waals surface area (Å²) in [4.78, 5) is 0. The third-order valence-electron chi connectivity index (χ3n) is 0.991. The molecule has 0 amide bonds. The highest BCUT2D eigenvalue weighted by molar-refractivity contribution is 6.81. The Morgan fingerprint density at radius 3 is 2.00 bits per heavy atom. The molecule has 0 unspecified atom stereocenters. The molecule has 0 spiro atoms. The minimum absolute atomic E-state index is 1.12.